The number of rotatable bonds is 5. The molecule has 8 heteroatoms. The van der Waals surface area contributed by atoms with Gasteiger partial charge in [-0.3, -0.25) is 15.0 Å². The zero-order chi connectivity index (χ0) is 16.1. The Balaban J connectivity index is 2.24. The van der Waals surface area contributed by atoms with Crippen LogP contribution in [0.5, 0.6) is 5.88 Å². The highest BCUT2D eigenvalue weighted by Crippen LogP contribution is 2.38. The summed E-state index contributed by atoms with van der Waals surface area (Å²) in [4.78, 5) is 22.5. The van der Waals surface area contributed by atoms with Gasteiger partial charge in [-0.15, -0.1) is 10.2 Å². The summed E-state index contributed by atoms with van der Waals surface area (Å²) in [5.74, 6) is 3.87. The number of amides is 2. The molecule has 0 radical (unpaired) electrons. The molecule has 0 unspecified atom stereocenters. The largest absolute Gasteiger partial charge is 0.493 e. The first-order chi connectivity index (χ1) is 10.6. The van der Waals surface area contributed by atoms with Gasteiger partial charge in [0, 0.05) is 24.8 Å². The fourth-order valence-electron chi connectivity index (χ4n) is 2.14. The average molecular weight is 303 g/mol. The van der Waals surface area contributed by atoms with Crippen LogP contribution in [-0.2, 0) is 16.1 Å². The lowest BCUT2D eigenvalue weighted by Crippen LogP contribution is -2.30. The Bertz CT molecular complexity index is 735. The molecule has 1 aromatic carbocycles. The first kappa shape index (κ1) is 15.6. The lowest BCUT2D eigenvalue weighted by Gasteiger charge is -2.00. The van der Waals surface area contributed by atoms with Crippen LogP contribution in [0.25, 0.3) is 10.9 Å². The van der Waals surface area contributed by atoms with E-state index in [2.05, 4.69) is 10.2 Å². The number of hydrogen-bond donors (Lipinski definition) is 3. The topological polar surface area (TPSA) is 122 Å². The van der Waals surface area contributed by atoms with Crippen molar-refractivity contribution in [1.29, 1.82) is 0 Å². The van der Waals surface area contributed by atoms with E-state index in [4.69, 9.17) is 5.84 Å². The molecule has 0 spiro atoms. The number of fused-ring (bicyclic) bond motifs is 1. The SMILES string of the molecule is CCn1c(O)c(N=NC(=O)CCC(=O)NN)c2ccccc21. The highest BCUT2D eigenvalue weighted by molar-refractivity contribution is 5.95. The number of aromatic hydroxyl groups is 1. The molecule has 8 nitrogen and oxygen atoms in total. The quantitative estimate of drug-likeness (QED) is 0.337. The monoisotopic (exact) mass is 303 g/mol. The standard InChI is InChI=1S/C14H17N5O3/c1-2-19-10-6-4-3-5-9(10)13(14(19)22)18-17-12(21)8-7-11(20)16-15/h3-6,22H,2,7-8,15H2,1H3,(H,16,20). The Morgan fingerprint density at radius 1 is 1.32 bits per heavy atom. The van der Waals surface area contributed by atoms with Gasteiger partial charge in [0.2, 0.25) is 11.8 Å². The number of aromatic nitrogens is 1. The zero-order valence-corrected chi connectivity index (χ0v) is 12.1. The molecule has 0 saturated heterocycles. The fourth-order valence-corrected chi connectivity index (χ4v) is 2.14. The van der Waals surface area contributed by atoms with Crippen LogP contribution in [0.2, 0.25) is 0 Å². The van der Waals surface area contributed by atoms with Gasteiger partial charge in [0.1, 0.15) is 0 Å². The Kier molecular flexibility index (Phi) is 4.84. The van der Waals surface area contributed by atoms with Gasteiger partial charge in [0.05, 0.1) is 5.52 Å². The Morgan fingerprint density at radius 2 is 2.05 bits per heavy atom. The van der Waals surface area contributed by atoms with E-state index in [-0.39, 0.29) is 24.4 Å². The highest BCUT2D eigenvalue weighted by atomic mass is 16.3. The number of nitrogens with zero attached hydrogens (tertiary/aromatic N) is 3. The van der Waals surface area contributed by atoms with Crippen LogP contribution >= 0.6 is 0 Å². The van der Waals surface area contributed by atoms with E-state index in [1.165, 1.54) is 0 Å². The van der Waals surface area contributed by atoms with Gasteiger partial charge in [-0.05, 0) is 13.0 Å². The number of carbonyl (C=O) groups excluding carboxylic acids is 2. The molecule has 2 aromatic rings. The maximum absolute atomic E-state index is 11.6. The lowest BCUT2D eigenvalue weighted by atomic mass is 10.2. The number of benzene rings is 1. The lowest BCUT2D eigenvalue weighted by molar-refractivity contribution is -0.125. The van der Waals surface area contributed by atoms with Crippen LogP contribution in [0.4, 0.5) is 5.69 Å². The molecule has 1 heterocycles. The minimum absolute atomic E-state index is 0.0417. The normalized spacial score (nSPS) is 11.2. The molecule has 4 N–H and O–H groups in total. The van der Waals surface area contributed by atoms with Crippen molar-refractivity contribution in [2.45, 2.75) is 26.3 Å². The number of hydrazine groups is 1. The molecule has 2 rings (SSSR count). The minimum Gasteiger partial charge on any atom is -0.493 e. The number of azo groups is 1. The third kappa shape index (κ3) is 3.12. The molecule has 0 saturated carbocycles. The molecule has 22 heavy (non-hydrogen) atoms. The van der Waals surface area contributed by atoms with Crippen LogP contribution in [0.15, 0.2) is 34.5 Å². The maximum atomic E-state index is 11.6. The number of para-hydroxylation sites is 1. The van der Waals surface area contributed by atoms with E-state index in [1.54, 1.807) is 10.6 Å². The third-order valence-corrected chi connectivity index (χ3v) is 3.22. The van der Waals surface area contributed by atoms with Gasteiger partial charge in [-0.2, -0.15) is 0 Å². The maximum Gasteiger partial charge on any atom is 0.265 e. The van der Waals surface area contributed by atoms with Crippen molar-refractivity contribution in [3.63, 3.8) is 0 Å². The number of nitrogens with two attached hydrogens (primary N) is 1. The summed E-state index contributed by atoms with van der Waals surface area (Å²) in [6.45, 7) is 2.45. The predicted molar refractivity (Wildman–Crippen MR) is 80.4 cm³/mol. The van der Waals surface area contributed by atoms with Gasteiger partial charge >= 0.3 is 0 Å². The van der Waals surface area contributed by atoms with E-state index in [0.717, 1.165) is 5.52 Å². The molecule has 0 aliphatic heterocycles. The van der Waals surface area contributed by atoms with Crippen LogP contribution < -0.4 is 11.3 Å². The molecule has 0 aliphatic rings. The smallest absolute Gasteiger partial charge is 0.265 e. The van der Waals surface area contributed by atoms with E-state index in [0.29, 0.717) is 11.9 Å². The summed E-state index contributed by atoms with van der Waals surface area (Å²) in [6, 6.07) is 7.31. The van der Waals surface area contributed by atoms with Gasteiger partial charge in [0.15, 0.2) is 5.69 Å². The summed E-state index contributed by atoms with van der Waals surface area (Å²) >= 11 is 0. The van der Waals surface area contributed by atoms with Crippen molar-refractivity contribution in [2.75, 3.05) is 0 Å². The van der Waals surface area contributed by atoms with Crippen molar-refractivity contribution in [3.05, 3.63) is 24.3 Å². The van der Waals surface area contributed by atoms with Gasteiger partial charge < -0.3 is 9.67 Å². The minimum atomic E-state index is -0.559. The second kappa shape index (κ2) is 6.81. The molecule has 0 fully saturated rings. The van der Waals surface area contributed by atoms with Crippen LogP contribution in [0, 0.1) is 0 Å². The molecule has 0 bridgehead atoms. The van der Waals surface area contributed by atoms with Crippen LogP contribution in [0.3, 0.4) is 0 Å². The van der Waals surface area contributed by atoms with Crippen molar-refractivity contribution in [1.82, 2.24) is 9.99 Å². The third-order valence-electron chi connectivity index (χ3n) is 3.22. The summed E-state index contributed by atoms with van der Waals surface area (Å²) in [5.41, 5.74) is 2.99. The molecule has 1 aromatic heterocycles. The van der Waals surface area contributed by atoms with Crippen molar-refractivity contribution < 1.29 is 14.7 Å². The number of aryl methyl sites for hydroxylation is 1. The Morgan fingerprint density at radius 3 is 2.73 bits per heavy atom. The summed E-state index contributed by atoms with van der Waals surface area (Å²) in [6.07, 6.45) is -0.156. The summed E-state index contributed by atoms with van der Waals surface area (Å²) in [7, 11) is 0. The van der Waals surface area contributed by atoms with Gasteiger partial charge in [-0.1, -0.05) is 18.2 Å². The number of hydrogen-bond acceptors (Lipinski definition) is 5. The van der Waals surface area contributed by atoms with Crippen molar-refractivity contribution in [3.8, 4) is 5.88 Å². The van der Waals surface area contributed by atoms with E-state index in [1.807, 2.05) is 30.5 Å². The number of carbonyl (C=O) groups is 2. The van der Waals surface area contributed by atoms with Crippen LogP contribution in [0.1, 0.15) is 19.8 Å². The van der Waals surface area contributed by atoms with Crippen molar-refractivity contribution >= 4 is 28.4 Å². The zero-order valence-electron chi connectivity index (χ0n) is 12.1. The molecular formula is C14H17N5O3. The first-order valence-corrected chi connectivity index (χ1v) is 6.82. The van der Waals surface area contributed by atoms with E-state index in [9.17, 15) is 14.7 Å². The number of nitrogens with one attached hydrogen (secondary N) is 1. The van der Waals surface area contributed by atoms with Gasteiger partial charge in [-0.25, -0.2) is 5.84 Å². The van der Waals surface area contributed by atoms with Gasteiger partial charge in [0.25, 0.3) is 5.91 Å². The highest BCUT2D eigenvalue weighted by Gasteiger charge is 2.15. The van der Waals surface area contributed by atoms with E-state index >= 15 is 0 Å². The van der Waals surface area contributed by atoms with Crippen LogP contribution in [-0.4, -0.2) is 21.5 Å². The predicted octanol–water partition coefficient (Wildman–Crippen LogP) is 1.75. The Labute approximate surface area is 126 Å². The Hall–Kier alpha value is -2.74. The second-order valence-corrected chi connectivity index (χ2v) is 4.59. The molecule has 0 aliphatic carbocycles. The molecule has 116 valence electrons. The van der Waals surface area contributed by atoms with E-state index < -0.39 is 11.8 Å². The molecule has 0 atom stereocenters. The first-order valence-electron chi connectivity index (χ1n) is 6.82. The summed E-state index contributed by atoms with van der Waals surface area (Å²) in [5, 5.41) is 18.3. The second-order valence-electron chi connectivity index (χ2n) is 4.59. The molecular weight excluding hydrogens is 286 g/mol. The van der Waals surface area contributed by atoms with Crippen molar-refractivity contribution in [2.24, 2.45) is 16.1 Å². The molecule has 2 amide bonds. The fraction of sp³-hybridized carbons (Fsp3) is 0.286. The average Bonchev–Trinajstić information content (AvgIpc) is 2.81. The summed E-state index contributed by atoms with van der Waals surface area (Å²) < 4.78 is 1.68.